The van der Waals surface area contributed by atoms with E-state index in [4.69, 9.17) is 4.74 Å². The fourth-order valence-corrected chi connectivity index (χ4v) is 5.44. The summed E-state index contributed by atoms with van der Waals surface area (Å²) in [6, 6.07) is 33.3. The number of fused-ring (bicyclic) bond motifs is 2. The maximum absolute atomic E-state index is 13.9. The molecule has 5 aromatic carbocycles. The van der Waals surface area contributed by atoms with Crippen LogP contribution in [0.4, 0.5) is 5.69 Å². The van der Waals surface area contributed by atoms with Gasteiger partial charge in [-0.25, -0.2) is 9.59 Å². The van der Waals surface area contributed by atoms with Gasteiger partial charge in [-0.15, -0.1) is 0 Å². The summed E-state index contributed by atoms with van der Waals surface area (Å²) in [7, 11) is 0. The normalized spacial score (nSPS) is 11.0. The van der Waals surface area contributed by atoms with Crippen LogP contribution in [0.2, 0.25) is 0 Å². The molecule has 1 aromatic heterocycles. The highest BCUT2D eigenvalue weighted by Gasteiger charge is 2.22. The molecule has 0 radical (unpaired) electrons. The third-order valence-corrected chi connectivity index (χ3v) is 7.61. The van der Waals surface area contributed by atoms with Crippen molar-refractivity contribution < 1.29 is 29.3 Å². The zero-order valence-corrected chi connectivity index (χ0v) is 23.8. The molecule has 0 aliphatic carbocycles. The van der Waals surface area contributed by atoms with Gasteiger partial charge in [0.05, 0.1) is 16.7 Å². The molecule has 8 heteroatoms. The third-order valence-electron chi connectivity index (χ3n) is 7.61. The van der Waals surface area contributed by atoms with Crippen LogP contribution in [0.3, 0.4) is 0 Å². The average Bonchev–Trinajstić information content (AvgIpc) is 3.30. The Morgan fingerprint density at radius 1 is 0.727 bits per heavy atom. The van der Waals surface area contributed by atoms with Crippen LogP contribution in [0.1, 0.15) is 47.9 Å². The molecule has 44 heavy (non-hydrogen) atoms. The van der Waals surface area contributed by atoms with Crippen molar-refractivity contribution in [3.8, 4) is 5.75 Å². The molecular weight excluding hydrogens is 556 g/mol. The molecular formula is C36H28N2O6. The highest BCUT2D eigenvalue weighted by molar-refractivity contribution is 6.15. The molecule has 0 aliphatic rings. The van der Waals surface area contributed by atoms with Crippen LogP contribution >= 0.6 is 0 Å². The summed E-state index contributed by atoms with van der Waals surface area (Å²) in [5, 5.41) is 24.6. The van der Waals surface area contributed by atoms with Crippen LogP contribution in [0.15, 0.2) is 109 Å². The Labute approximate surface area is 252 Å². The number of benzene rings is 5. The Bertz CT molecular complexity index is 2030. The lowest BCUT2D eigenvalue weighted by molar-refractivity contribution is 0.0696. The first-order valence-corrected chi connectivity index (χ1v) is 14.0. The van der Waals surface area contributed by atoms with E-state index in [1.807, 2.05) is 67.6 Å². The number of ether oxygens (including phenoxy) is 1. The van der Waals surface area contributed by atoms with Crippen molar-refractivity contribution in [2.75, 3.05) is 5.32 Å². The quantitative estimate of drug-likeness (QED) is 0.163. The fraction of sp³-hybridized carbons (Fsp3) is 0.0833. The number of hydrogen-bond acceptors (Lipinski definition) is 4. The number of hydrogen-bond donors (Lipinski definition) is 3. The minimum absolute atomic E-state index is 0.0682. The number of nitrogens with zero attached hydrogens (tertiary/aromatic N) is 1. The molecule has 8 nitrogen and oxygen atoms in total. The maximum Gasteiger partial charge on any atom is 0.335 e. The van der Waals surface area contributed by atoms with Gasteiger partial charge in [-0.05, 0) is 71.3 Å². The number of rotatable bonds is 9. The number of carbonyl (C=O) groups is 3. The van der Waals surface area contributed by atoms with Crippen LogP contribution in [0.25, 0.3) is 21.7 Å². The molecule has 1 amide bonds. The Morgan fingerprint density at radius 3 is 2.11 bits per heavy atom. The Kier molecular flexibility index (Phi) is 7.56. The maximum atomic E-state index is 13.9. The van der Waals surface area contributed by atoms with E-state index in [0.29, 0.717) is 35.5 Å². The number of amides is 1. The second-order valence-electron chi connectivity index (χ2n) is 10.5. The number of anilines is 1. The van der Waals surface area contributed by atoms with Crippen molar-refractivity contribution in [2.24, 2.45) is 0 Å². The Hall–Kier alpha value is -5.89. The van der Waals surface area contributed by atoms with E-state index < -0.39 is 17.8 Å². The Balaban J connectivity index is 1.41. The van der Waals surface area contributed by atoms with Gasteiger partial charge < -0.3 is 24.8 Å². The molecule has 6 aromatic rings. The molecule has 0 saturated carbocycles. The molecule has 0 fully saturated rings. The predicted molar refractivity (Wildman–Crippen MR) is 169 cm³/mol. The summed E-state index contributed by atoms with van der Waals surface area (Å²) in [6.45, 7) is 2.71. The van der Waals surface area contributed by atoms with Crippen molar-refractivity contribution >= 4 is 45.2 Å². The summed E-state index contributed by atoms with van der Waals surface area (Å²) >= 11 is 0. The van der Waals surface area contributed by atoms with Crippen molar-refractivity contribution in [3.05, 3.63) is 143 Å². The van der Waals surface area contributed by atoms with Gasteiger partial charge in [0.2, 0.25) is 0 Å². The van der Waals surface area contributed by atoms with Crippen molar-refractivity contribution in [1.29, 1.82) is 0 Å². The van der Waals surface area contributed by atoms with Gasteiger partial charge in [-0.3, -0.25) is 4.79 Å². The molecule has 3 N–H and O–H groups in total. The molecule has 1 heterocycles. The topological polar surface area (TPSA) is 118 Å². The highest BCUT2D eigenvalue weighted by atomic mass is 16.5. The molecule has 6 rings (SSSR count). The van der Waals surface area contributed by atoms with Crippen LogP contribution in [0, 0.1) is 6.92 Å². The highest BCUT2D eigenvalue weighted by Crippen LogP contribution is 2.32. The minimum atomic E-state index is -1.30. The second-order valence-corrected chi connectivity index (χ2v) is 10.5. The van der Waals surface area contributed by atoms with E-state index >= 15 is 0 Å². The van der Waals surface area contributed by atoms with Crippen LogP contribution < -0.4 is 10.1 Å². The van der Waals surface area contributed by atoms with Gasteiger partial charge in [0.15, 0.2) is 0 Å². The van der Waals surface area contributed by atoms with Gasteiger partial charge >= 0.3 is 11.9 Å². The van der Waals surface area contributed by atoms with Crippen molar-refractivity contribution in [1.82, 2.24) is 4.57 Å². The molecule has 0 spiro atoms. The van der Waals surface area contributed by atoms with Gasteiger partial charge in [0.1, 0.15) is 12.4 Å². The SMILES string of the molecule is Cc1c(C(=O)Nc2cc(C(=O)O)cc(C(=O)O)c2)c2cc(OCc3ccccc3)ccc2n1Cc1ccc2ccccc2c1. The predicted octanol–water partition coefficient (Wildman–Crippen LogP) is 7.38. The summed E-state index contributed by atoms with van der Waals surface area (Å²) in [4.78, 5) is 37.2. The lowest BCUT2D eigenvalue weighted by Gasteiger charge is -2.11. The molecule has 218 valence electrons. The lowest BCUT2D eigenvalue weighted by atomic mass is 10.1. The summed E-state index contributed by atoms with van der Waals surface area (Å²) in [5.74, 6) is -2.51. The molecule has 0 bridgehead atoms. The summed E-state index contributed by atoms with van der Waals surface area (Å²) in [5.41, 5.74) is 3.53. The first-order valence-electron chi connectivity index (χ1n) is 14.0. The average molecular weight is 585 g/mol. The monoisotopic (exact) mass is 584 g/mol. The van der Waals surface area contributed by atoms with E-state index in [9.17, 15) is 24.6 Å². The molecule has 0 saturated heterocycles. The van der Waals surface area contributed by atoms with Gasteiger partial charge in [0.25, 0.3) is 5.91 Å². The second kappa shape index (κ2) is 11.8. The number of aromatic carboxylic acids is 2. The number of aromatic nitrogens is 1. The largest absolute Gasteiger partial charge is 0.489 e. The minimum Gasteiger partial charge on any atom is -0.489 e. The van der Waals surface area contributed by atoms with Gasteiger partial charge in [-0.1, -0.05) is 66.7 Å². The zero-order valence-electron chi connectivity index (χ0n) is 23.8. The van der Waals surface area contributed by atoms with E-state index in [1.54, 1.807) is 0 Å². The fourth-order valence-electron chi connectivity index (χ4n) is 5.44. The molecule has 0 unspecified atom stereocenters. The van der Waals surface area contributed by atoms with E-state index in [1.165, 1.54) is 12.1 Å². The standard InChI is InChI=1S/C36H28N2O6/c1-22-33(34(39)37-29-17-27(35(40)41)16-28(18-29)36(42)43)31-19-30(44-21-23-7-3-2-4-8-23)13-14-32(31)38(22)20-24-11-12-25-9-5-6-10-26(25)15-24/h2-19H,20-21H2,1H3,(H,37,39)(H,40,41)(H,42,43). The number of nitrogens with one attached hydrogen (secondary N) is 1. The number of carbonyl (C=O) groups excluding carboxylic acids is 1. The summed E-state index contributed by atoms with van der Waals surface area (Å²) in [6.07, 6.45) is 0. The number of carboxylic acid groups (broad SMARTS) is 2. The van der Waals surface area contributed by atoms with Gasteiger partial charge in [0, 0.05) is 28.8 Å². The summed E-state index contributed by atoms with van der Waals surface area (Å²) < 4.78 is 8.14. The van der Waals surface area contributed by atoms with Crippen LogP contribution in [-0.4, -0.2) is 32.6 Å². The van der Waals surface area contributed by atoms with E-state index in [-0.39, 0.29) is 16.8 Å². The Morgan fingerprint density at radius 2 is 1.41 bits per heavy atom. The third kappa shape index (κ3) is 5.73. The van der Waals surface area contributed by atoms with Crippen molar-refractivity contribution in [3.63, 3.8) is 0 Å². The van der Waals surface area contributed by atoms with Gasteiger partial charge in [-0.2, -0.15) is 0 Å². The van der Waals surface area contributed by atoms with Crippen LogP contribution in [-0.2, 0) is 13.2 Å². The van der Waals surface area contributed by atoms with E-state index in [0.717, 1.165) is 33.5 Å². The van der Waals surface area contributed by atoms with Crippen molar-refractivity contribution in [2.45, 2.75) is 20.1 Å². The zero-order chi connectivity index (χ0) is 30.8. The first-order chi connectivity index (χ1) is 21.3. The number of carboxylic acids is 2. The smallest absolute Gasteiger partial charge is 0.335 e. The van der Waals surface area contributed by atoms with E-state index in [2.05, 4.69) is 40.2 Å². The molecule has 0 aliphatic heterocycles. The van der Waals surface area contributed by atoms with Crippen LogP contribution in [0.5, 0.6) is 5.75 Å². The first kappa shape index (κ1) is 28.2. The molecule has 0 atom stereocenters. The lowest BCUT2D eigenvalue weighted by Crippen LogP contribution is -2.15.